The number of ether oxygens (including phenoxy) is 1. The number of aryl methyl sites for hydroxylation is 2. The van der Waals surface area contributed by atoms with Gasteiger partial charge in [-0.3, -0.25) is 0 Å². The van der Waals surface area contributed by atoms with E-state index in [0.29, 0.717) is 30.8 Å². The highest BCUT2D eigenvalue weighted by molar-refractivity contribution is 5.87. The minimum atomic E-state index is -4.38. The first kappa shape index (κ1) is 26.8. The molecule has 0 radical (unpaired) electrons. The molecule has 0 aliphatic heterocycles. The van der Waals surface area contributed by atoms with E-state index in [4.69, 9.17) is 4.74 Å². The summed E-state index contributed by atoms with van der Waals surface area (Å²) in [5.41, 5.74) is 3.28. The Labute approximate surface area is 209 Å². The quantitative estimate of drug-likeness (QED) is 0.289. The van der Waals surface area contributed by atoms with Crippen molar-refractivity contribution in [2.24, 2.45) is 0 Å². The standard InChI is InChI=1S/C30H29F3O3/c1-5-15-29(16-6-2,24-11-9-23(10-12-24)28(34)35)19-36-26-17-20(3)27(21(4)18-26)22-7-13-25(14-8-22)30(31,32)33/h5-14,17-18H,1-2,15-16,19H2,3-4H3,(H,34,35). The van der Waals surface area contributed by atoms with Gasteiger partial charge >= 0.3 is 12.1 Å². The second kappa shape index (κ2) is 10.9. The molecule has 0 spiro atoms. The number of allylic oxidation sites excluding steroid dienone is 2. The maximum Gasteiger partial charge on any atom is 0.416 e. The van der Waals surface area contributed by atoms with Crippen molar-refractivity contribution < 1.29 is 27.8 Å². The van der Waals surface area contributed by atoms with E-state index in [1.165, 1.54) is 12.1 Å². The van der Waals surface area contributed by atoms with Crippen LogP contribution in [0.25, 0.3) is 11.1 Å². The van der Waals surface area contributed by atoms with Crippen LogP contribution in [0.3, 0.4) is 0 Å². The monoisotopic (exact) mass is 494 g/mol. The van der Waals surface area contributed by atoms with Crippen LogP contribution in [0.5, 0.6) is 5.75 Å². The van der Waals surface area contributed by atoms with Gasteiger partial charge in [-0.2, -0.15) is 13.2 Å². The molecule has 0 bridgehead atoms. The zero-order chi connectivity index (χ0) is 26.5. The van der Waals surface area contributed by atoms with Gasteiger partial charge in [0.25, 0.3) is 0 Å². The van der Waals surface area contributed by atoms with Crippen molar-refractivity contribution in [3.05, 3.63) is 114 Å². The third-order valence-corrected chi connectivity index (χ3v) is 6.34. The van der Waals surface area contributed by atoms with Gasteiger partial charge in [0.1, 0.15) is 5.75 Å². The molecule has 0 aliphatic rings. The van der Waals surface area contributed by atoms with E-state index < -0.39 is 23.1 Å². The number of aromatic carboxylic acids is 1. The Bertz CT molecular complexity index is 1210. The molecule has 3 nitrogen and oxygen atoms in total. The molecule has 1 N–H and O–H groups in total. The van der Waals surface area contributed by atoms with Crippen LogP contribution in [-0.4, -0.2) is 17.7 Å². The first-order valence-electron chi connectivity index (χ1n) is 11.5. The number of carbonyl (C=O) groups is 1. The van der Waals surface area contributed by atoms with E-state index in [1.54, 1.807) is 24.3 Å². The van der Waals surface area contributed by atoms with E-state index in [0.717, 1.165) is 34.4 Å². The molecule has 3 aromatic rings. The Hall–Kier alpha value is -3.80. The maximum atomic E-state index is 12.9. The average Bonchev–Trinajstić information content (AvgIpc) is 2.82. The van der Waals surface area contributed by atoms with Crippen LogP contribution in [0.4, 0.5) is 13.2 Å². The predicted molar refractivity (Wildman–Crippen MR) is 137 cm³/mol. The van der Waals surface area contributed by atoms with Gasteiger partial charge in [-0.05, 0) is 90.9 Å². The summed E-state index contributed by atoms with van der Waals surface area (Å²) >= 11 is 0. The number of rotatable bonds is 10. The number of benzene rings is 3. The smallest absolute Gasteiger partial charge is 0.416 e. The fraction of sp³-hybridized carbons (Fsp3) is 0.233. The van der Waals surface area contributed by atoms with Crippen molar-refractivity contribution in [2.45, 2.75) is 38.3 Å². The van der Waals surface area contributed by atoms with Gasteiger partial charge in [0.15, 0.2) is 0 Å². The molecule has 0 saturated heterocycles. The van der Waals surface area contributed by atoms with Crippen molar-refractivity contribution in [3.8, 4) is 16.9 Å². The third kappa shape index (κ3) is 5.88. The zero-order valence-corrected chi connectivity index (χ0v) is 20.4. The minimum absolute atomic E-state index is 0.205. The van der Waals surface area contributed by atoms with Gasteiger partial charge < -0.3 is 9.84 Å². The van der Waals surface area contributed by atoms with Crippen molar-refractivity contribution in [3.63, 3.8) is 0 Å². The largest absolute Gasteiger partial charge is 0.493 e. The van der Waals surface area contributed by atoms with Crippen LogP contribution in [0.15, 0.2) is 86.0 Å². The Morgan fingerprint density at radius 1 is 0.889 bits per heavy atom. The summed E-state index contributed by atoms with van der Waals surface area (Å²) in [6.45, 7) is 11.9. The van der Waals surface area contributed by atoms with Crippen molar-refractivity contribution >= 4 is 5.97 Å². The van der Waals surface area contributed by atoms with Gasteiger partial charge in [-0.25, -0.2) is 4.79 Å². The van der Waals surface area contributed by atoms with E-state index in [1.807, 2.05) is 38.1 Å². The highest BCUT2D eigenvalue weighted by atomic mass is 19.4. The van der Waals surface area contributed by atoms with Gasteiger partial charge in [-0.1, -0.05) is 36.4 Å². The molecule has 0 aliphatic carbocycles. The van der Waals surface area contributed by atoms with E-state index >= 15 is 0 Å². The molecule has 3 rings (SSSR count). The highest BCUT2D eigenvalue weighted by Gasteiger charge is 2.32. The molecule has 3 aromatic carbocycles. The summed E-state index contributed by atoms with van der Waals surface area (Å²) in [4.78, 5) is 11.3. The SMILES string of the molecule is C=CCC(CC=C)(COc1cc(C)c(-c2ccc(C(F)(F)F)cc2)c(C)c1)c1ccc(C(=O)O)cc1. The van der Waals surface area contributed by atoms with Crippen LogP contribution < -0.4 is 4.74 Å². The number of hydrogen-bond acceptors (Lipinski definition) is 2. The lowest BCUT2D eigenvalue weighted by Crippen LogP contribution is -2.32. The van der Waals surface area contributed by atoms with Crippen LogP contribution in [0.1, 0.15) is 45.5 Å². The van der Waals surface area contributed by atoms with Crippen LogP contribution >= 0.6 is 0 Å². The molecule has 6 heteroatoms. The first-order chi connectivity index (χ1) is 17.0. The van der Waals surface area contributed by atoms with Gasteiger partial charge in [0.2, 0.25) is 0 Å². The lowest BCUT2D eigenvalue weighted by Gasteiger charge is -2.33. The van der Waals surface area contributed by atoms with Gasteiger partial charge in [-0.15, -0.1) is 13.2 Å². The van der Waals surface area contributed by atoms with Crippen LogP contribution in [-0.2, 0) is 11.6 Å². The fourth-order valence-electron chi connectivity index (χ4n) is 4.55. The lowest BCUT2D eigenvalue weighted by molar-refractivity contribution is -0.137. The molecule has 0 atom stereocenters. The third-order valence-electron chi connectivity index (χ3n) is 6.34. The van der Waals surface area contributed by atoms with Crippen LogP contribution in [0, 0.1) is 13.8 Å². The topological polar surface area (TPSA) is 46.5 Å². The summed E-state index contributed by atoms with van der Waals surface area (Å²) in [7, 11) is 0. The Kier molecular flexibility index (Phi) is 8.08. The zero-order valence-electron chi connectivity index (χ0n) is 20.4. The van der Waals surface area contributed by atoms with E-state index in [2.05, 4.69) is 13.2 Å². The molecule has 36 heavy (non-hydrogen) atoms. The number of carboxylic acids is 1. The number of carboxylic acid groups (broad SMARTS) is 1. The molecule has 0 amide bonds. The number of halogens is 3. The molecular formula is C30H29F3O3. The molecule has 188 valence electrons. The normalized spacial score (nSPS) is 11.7. The fourth-order valence-corrected chi connectivity index (χ4v) is 4.55. The highest BCUT2D eigenvalue weighted by Crippen LogP contribution is 2.37. The Morgan fingerprint density at radius 3 is 1.83 bits per heavy atom. The van der Waals surface area contributed by atoms with Crippen molar-refractivity contribution in [1.29, 1.82) is 0 Å². The maximum absolute atomic E-state index is 12.9. The molecule has 0 heterocycles. The Balaban J connectivity index is 1.90. The lowest BCUT2D eigenvalue weighted by atomic mass is 9.75. The average molecular weight is 495 g/mol. The number of hydrogen-bond donors (Lipinski definition) is 1. The predicted octanol–water partition coefficient (Wildman–Crippen LogP) is 8.16. The summed E-state index contributed by atoms with van der Waals surface area (Å²) in [5.74, 6) is -0.352. The summed E-state index contributed by atoms with van der Waals surface area (Å²) in [5, 5.41) is 9.24. The van der Waals surface area contributed by atoms with Crippen LogP contribution in [0.2, 0.25) is 0 Å². The van der Waals surface area contributed by atoms with E-state index in [-0.39, 0.29) is 5.56 Å². The van der Waals surface area contributed by atoms with E-state index in [9.17, 15) is 23.1 Å². The first-order valence-corrected chi connectivity index (χ1v) is 11.5. The molecular weight excluding hydrogens is 465 g/mol. The van der Waals surface area contributed by atoms with Crippen molar-refractivity contribution in [2.75, 3.05) is 6.61 Å². The van der Waals surface area contributed by atoms with Crippen molar-refractivity contribution in [1.82, 2.24) is 0 Å². The number of alkyl halides is 3. The summed E-state index contributed by atoms with van der Waals surface area (Å²) < 4.78 is 45.1. The Morgan fingerprint density at radius 2 is 1.39 bits per heavy atom. The molecule has 0 aromatic heterocycles. The molecule has 0 fully saturated rings. The summed E-state index contributed by atoms with van der Waals surface area (Å²) in [6, 6.07) is 15.6. The minimum Gasteiger partial charge on any atom is -0.493 e. The second-order valence-corrected chi connectivity index (χ2v) is 8.94. The molecule has 0 unspecified atom stereocenters. The second-order valence-electron chi connectivity index (χ2n) is 8.94. The van der Waals surface area contributed by atoms with Gasteiger partial charge in [0.05, 0.1) is 17.7 Å². The van der Waals surface area contributed by atoms with Gasteiger partial charge in [0, 0.05) is 5.41 Å². The molecule has 0 saturated carbocycles. The summed E-state index contributed by atoms with van der Waals surface area (Å²) in [6.07, 6.45) is 0.419.